The smallest absolute Gasteiger partial charge is 0.309 e. The van der Waals surface area contributed by atoms with Crippen LogP contribution in [0.2, 0.25) is 18.1 Å². The molecule has 0 aliphatic rings. The highest BCUT2D eigenvalue weighted by Crippen LogP contribution is 2.37. The number of carboxylic acids is 1. The van der Waals surface area contributed by atoms with E-state index < -0.39 is 20.2 Å². The zero-order chi connectivity index (χ0) is 20.1. The Hall–Kier alpha value is -1.86. The number of hydrogen-bond acceptors (Lipinski definition) is 5. The Morgan fingerprint density at radius 2 is 1.69 bits per heavy atom. The fourth-order valence-corrected chi connectivity index (χ4v) is 3.15. The molecule has 1 N–H and O–H groups in total. The van der Waals surface area contributed by atoms with Gasteiger partial charge in [-0.2, -0.15) is 0 Å². The lowest BCUT2D eigenvalue weighted by atomic mass is 9.98. The Bertz CT molecular complexity index is 648. The van der Waals surface area contributed by atoms with Crippen molar-refractivity contribution in [3.05, 3.63) is 23.8 Å². The van der Waals surface area contributed by atoms with Crippen molar-refractivity contribution in [1.29, 1.82) is 0 Å². The summed E-state index contributed by atoms with van der Waals surface area (Å²) < 4.78 is 16.3. The monoisotopic (exact) mass is 382 g/mol. The van der Waals surface area contributed by atoms with E-state index in [0.29, 0.717) is 17.1 Å². The van der Waals surface area contributed by atoms with Crippen molar-refractivity contribution < 1.29 is 28.6 Å². The van der Waals surface area contributed by atoms with Crippen molar-refractivity contribution in [2.75, 3.05) is 20.8 Å². The molecule has 0 aromatic heterocycles. The van der Waals surface area contributed by atoms with Crippen LogP contribution < -0.4 is 9.47 Å². The molecule has 6 nitrogen and oxygen atoms in total. The molecule has 1 atom stereocenters. The summed E-state index contributed by atoms with van der Waals surface area (Å²) in [7, 11) is 0.915. The first-order valence-corrected chi connectivity index (χ1v) is 11.5. The summed E-state index contributed by atoms with van der Waals surface area (Å²) in [5, 5.41) is 9.47. The normalized spacial score (nSPS) is 13.2. The van der Waals surface area contributed by atoms with Gasteiger partial charge in [0.05, 0.1) is 20.1 Å². The summed E-state index contributed by atoms with van der Waals surface area (Å²) in [5.74, 6) is -1.23. The van der Waals surface area contributed by atoms with E-state index >= 15 is 0 Å². The number of Topliss-reactive ketones (excluding diaryl/α,β-unsaturated/α-hetero) is 1. The third-order valence-electron chi connectivity index (χ3n) is 4.94. The quantitative estimate of drug-likeness (QED) is 0.513. The van der Waals surface area contributed by atoms with Gasteiger partial charge in [-0.3, -0.25) is 9.59 Å². The lowest BCUT2D eigenvalue weighted by Gasteiger charge is -2.36. The van der Waals surface area contributed by atoms with E-state index in [-0.39, 0.29) is 23.8 Å². The number of benzene rings is 1. The van der Waals surface area contributed by atoms with E-state index in [2.05, 4.69) is 33.9 Å². The summed E-state index contributed by atoms with van der Waals surface area (Å²) >= 11 is 0. The maximum absolute atomic E-state index is 12.5. The minimum absolute atomic E-state index is 0.0244. The van der Waals surface area contributed by atoms with Crippen molar-refractivity contribution >= 4 is 20.1 Å². The first-order chi connectivity index (χ1) is 11.9. The second-order valence-electron chi connectivity index (χ2n) is 7.80. The van der Waals surface area contributed by atoms with Crippen LogP contribution in [0.25, 0.3) is 0 Å². The average Bonchev–Trinajstić information content (AvgIpc) is 2.56. The fraction of sp³-hybridized carbons (Fsp3) is 0.579. The summed E-state index contributed by atoms with van der Waals surface area (Å²) in [6.07, 6.45) is -0.126. The number of carboxylic acid groups (broad SMARTS) is 1. The third kappa shape index (κ3) is 5.57. The van der Waals surface area contributed by atoms with Crippen LogP contribution in [0.3, 0.4) is 0 Å². The molecule has 1 aromatic rings. The average molecular weight is 383 g/mol. The predicted molar refractivity (Wildman–Crippen MR) is 103 cm³/mol. The molecule has 7 heteroatoms. The molecule has 146 valence electrons. The standard InChI is InChI=1S/C19H30O6Si/c1-19(2,3)26(6,7)25-12-14(18(21)22)10-15(20)13-8-9-16(23-4)17(11-13)24-5/h8-9,11,14H,10,12H2,1-7H3,(H,21,22). The van der Waals surface area contributed by atoms with Crippen LogP contribution in [0.1, 0.15) is 37.6 Å². The van der Waals surface area contributed by atoms with Gasteiger partial charge in [0, 0.05) is 18.6 Å². The fourth-order valence-electron chi connectivity index (χ4n) is 2.09. The van der Waals surface area contributed by atoms with E-state index in [1.54, 1.807) is 18.2 Å². The largest absolute Gasteiger partial charge is 0.493 e. The lowest BCUT2D eigenvalue weighted by Crippen LogP contribution is -2.42. The van der Waals surface area contributed by atoms with Gasteiger partial charge in [0.1, 0.15) is 0 Å². The van der Waals surface area contributed by atoms with Gasteiger partial charge in [-0.15, -0.1) is 0 Å². The first-order valence-electron chi connectivity index (χ1n) is 8.55. The van der Waals surface area contributed by atoms with E-state index in [1.165, 1.54) is 14.2 Å². The van der Waals surface area contributed by atoms with Gasteiger partial charge < -0.3 is 19.0 Å². The molecule has 1 aromatic carbocycles. The van der Waals surface area contributed by atoms with Crippen LogP contribution in [-0.4, -0.2) is 46.0 Å². The number of rotatable bonds is 9. The Morgan fingerprint density at radius 3 is 2.15 bits per heavy atom. The summed E-state index contributed by atoms with van der Waals surface area (Å²) in [5.41, 5.74) is 0.390. The molecule has 0 amide bonds. The van der Waals surface area contributed by atoms with Gasteiger partial charge in [0.15, 0.2) is 25.6 Å². The maximum Gasteiger partial charge on any atom is 0.309 e. The van der Waals surface area contributed by atoms with E-state index in [4.69, 9.17) is 13.9 Å². The maximum atomic E-state index is 12.5. The lowest BCUT2D eigenvalue weighted by molar-refractivity contribution is -0.142. The molecule has 0 spiro atoms. The summed E-state index contributed by atoms with van der Waals surface area (Å²) in [6.45, 7) is 10.4. The highest BCUT2D eigenvalue weighted by molar-refractivity contribution is 6.74. The molecule has 0 fully saturated rings. The molecule has 0 radical (unpaired) electrons. The van der Waals surface area contributed by atoms with Gasteiger partial charge in [-0.05, 0) is 36.3 Å². The molecule has 0 saturated carbocycles. The molecule has 0 aliphatic carbocycles. The van der Waals surface area contributed by atoms with Crippen LogP contribution in [0.5, 0.6) is 11.5 Å². The number of ether oxygens (including phenoxy) is 2. The summed E-state index contributed by atoms with van der Waals surface area (Å²) in [4.78, 5) is 24.1. The van der Waals surface area contributed by atoms with Gasteiger partial charge >= 0.3 is 5.97 Å². The molecule has 1 rings (SSSR count). The second-order valence-corrected chi connectivity index (χ2v) is 12.6. The SMILES string of the molecule is COc1ccc(C(=O)CC(CO[Si](C)(C)C(C)(C)C)C(=O)O)cc1OC. The molecular formula is C19H30O6Si. The van der Waals surface area contributed by atoms with Crippen molar-refractivity contribution in [2.45, 2.75) is 45.3 Å². The van der Waals surface area contributed by atoms with Crippen LogP contribution in [0, 0.1) is 5.92 Å². The van der Waals surface area contributed by atoms with Gasteiger partial charge in [-0.1, -0.05) is 20.8 Å². The Balaban J connectivity index is 2.88. The van der Waals surface area contributed by atoms with Crippen molar-refractivity contribution in [1.82, 2.24) is 0 Å². The van der Waals surface area contributed by atoms with Crippen LogP contribution in [0.15, 0.2) is 18.2 Å². The minimum atomic E-state index is -2.08. The van der Waals surface area contributed by atoms with Gasteiger partial charge in [0.25, 0.3) is 0 Å². The third-order valence-corrected chi connectivity index (χ3v) is 9.44. The number of carbonyl (C=O) groups excluding carboxylic acids is 1. The molecule has 26 heavy (non-hydrogen) atoms. The van der Waals surface area contributed by atoms with Gasteiger partial charge in [-0.25, -0.2) is 0 Å². The molecule has 0 aliphatic heterocycles. The minimum Gasteiger partial charge on any atom is -0.493 e. The molecule has 0 saturated heterocycles. The first kappa shape index (κ1) is 22.2. The number of hydrogen-bond donors (Lipinski definition) is 1. The van der Waals surface area contributed by atoms with Crippen LogP contribution >= 0.6 is 0 Å². The number of carbonyl (C=O) groups is 2. The highest BCUT2D eigenvalue weighted by atomic mass is 28.4. The molecule has 0 bridgehead atoms. The Morgan fingerprint density at radius 1 is 1.12 bits per heavy atom. The summed E-state index contributed by atoms with van der Waals surface area (Å²) in [6, 6.07) is 4.81. The van der Waals surface area contributed by atoms with Crippen molar-refractivity contribution in [3.8, 4) is 11.5 Å². The molecule has 1 unspecified atom stereocenters. The van der Waals surface area contributed by atoms with Crippen molar-refractivity contribution in [2.24, 2.45) is 5.92 Å². The second kappa shape index (κ2) is 8.68. The van der Waals surface area contributed by atoms with Crippen LogP contribution in [0.4, 0.5) is 0 Å². The molecule has 0 heterocycles. The Labute approximate surface area is 156 Å². The van der Waals surface area contributed by atoms with E-state index in [1.807, 2.05) is 0 Å². The molecular weight excluding hydrogens is 352 g/mol. The van der Waals surface area contributed by atoms with E-state index in [0.717, 1.165) is 0 Å². The number of aliphatic carboxylic acids is 1. The van der Waals surface area contributed by atoms with Crippen molar-refractivity contribution in [3.63, 3.8) is 0 Å². The number of methoxy groups -OCH3 is 2. The zero-order valence-electron chi connectivity index (χ0n) is 16.7. The Kier molecular flexibility index (Phi) is 7.41. The van der Waals surface area contributed by atoms with E-state index in [9.17, 15) is 14.7 Å². The van der Waals surface area contributed by atoms with Crippen LogP contribution in [-0.2, 0) is 9.22 Å². The predicted octanol–water partition coefficient (Wildman–Crippen LogP) is 4.00. The topological polar surface area (TPSA) is 82.1 Å². The van der Waals surface area contributed by atoms with Gasteiger partial charge in [0.2, 0.25) is 0 Å². The zero-order valence-corrected chi connectivity index (χ0v) is 17.7. The highest BCUT2D eigenvalue weighted by Gasteiger charge is 2.38. The number of ketones is 1.